The van der Waals surface area contributed by atoms with Crippen LogP contribution in [0.2, 0.25) is 10.0 Å². The molecule has 0 amide bonds. The van der Waals surface area contributed by atoms with Gasteiger partial charge in [0, 0.05) is 12.3 Å². The molecule has 0 bridgehead atoms. The van der Waals surface area contributed by atoms with Crippen molar-refractivity contribution in [2.45, 2.75) is 6.92 Å². The third-order valence-electron chi connectivity index (χ3n) is 0.918. The van der Waals surface area contributed by atoms with Gasteiger partial charge in [-0.3, -0.25) is 4.98 Å². The molecule has 0 saturated heterocycles. The number of aromatic nitrogens is 1. The van der Waals surface area contributed by atoms with Crippen LogP contribution < -0.4 is 0 Å². The highest BCUT2D eigenvalue weighted by Crippen LogP contribution is 2.15. The van der Waals surface area contributed by atoms with Gasteiger partial charge in [-0.15, -0.1) is 0 Å². The molecule has 1 heterocycles. The first-order chi connectivity index (χ1) is 4.20. The van der Waals surface area contributed by atoms with E-state index >= 15 is 0 Å². The van der Waals surface area contributed by atoms with Gasteiger partial charge in [-0.25, -0.2) is 0 Å². The van der Waals surface area contributed by atoms with E-state index in [1.165, 1.54) is 6.20 Å². The summed E-state index contributed by atoms with van der Waals surface area (Å²) < 4.78 is 0. The van der Waals surface area contributed by atoms with Crippen molar-refractivity contribution in [1.29, 1.82) is 0 Å². The van der Waals surface area contributed by atoms with Crippen LogP contribution in [-0.2, 0) is 0 Å². The molecule has 0 aliphatic rings. The fraction of sp³-hybridized carbons (Fsp3) is 0.167. The number of nitrogens with zero attached hydrogens (tertiary/aromatic N) is 1. The summed E-state index contributed by atoms with van der Waals surface area (Å²) in [6.45, 7) is 1.80. The third kappa shape index (κ3) is 1.57. The molecule has 0 aromatic carbocycles. The highest BCUT2D eigenvalue weighted by atomic mass is 35.5. The quantitative estimate of drug-likeness (QED) is 0.569. The fourth-order valence-corrected chi connectivity index (χ4v) is 0.780. The van der Waals surface area contributed by atoms with E-state index in [9.17, 15) is 0 Å². The molecule has 0 atom stereocenters. The highest BCUT2D eigenvalue weighted by molar-refractivity contribution is 6.34. The minimum atomic E-state index is 0.450. The van der Waals surface area contributed by atoms with Crippen LogP contribution in [0.5, 0.6) is 0 Å². The standard InChI is InChI=1S/C6H4Cl2N/c1-4-6(8)2-5(7)3-9-4/h3H,1H3. The molecule has 0 spiro atoms. The van der Waals surface area contributed by atoms with E-state index in [1.54, 1.807) is 6.92 Å². The van der Waals surface area contributed by atoms with E-state index in [0.29, 0.717) is 10.0 Å². The first-order valence-electron chi connectivity index (χ1n) is 2.40. The maximum atomic E-state index is 5.61. The summed E-state index contributed by atoms with van der Waals surface area (Å²) in [6.07, 6.45) is 1.52. The van der Waals surface area contributed by atoms with Gasteiger partial charge in [-0.1, -0.05) is 23.2 Å². The summed E-state index contributed by atoms with van der Waals surface area (Å²) in [7, 11) is 0. The van der Waals surface area contributed by atoms with E-state index in [0.717, 1.165) is 5.69 Å². The fourth-order valence-electron chi connectivity index (χ4n) is 0.438. The largest absolute Gasteiger partial charge is 0.258 e. The lowest BCUT2D eigenvalue weighted by Crippen LogP contribution is -1.80. The molecule has 0 aliphatic heterocycles. The molecule has 0 unspecified atom stereocenters. The predicted molar refractivity (Wildman–Crippen MR) is 37.8 cm³/mol. The summed E-state index contributed by atoms with van der Waals surface area (Å²) in [4.78, 5) is 3.88. The van der Waals surface area contributed by atoms with E-state index in [2.05, 4.69) is 11.1 Å². The molecule has 0 aliphatic carbocycles. The second-order valence-corrected chi connectivity index (χ2v) is 2.42. The molecular formula is C6H4Cl2N. The minimum absolute atomic E-state index is 0.450. The first kappa shape index (κ1) is 6.84. The highest BCUT2D eigenvalue weighted by Gasteiger charge is 1.95. The van der Waals surface area contributed by atoms with Crippen LogP contribution in [0.15, 0.2) is 6.20 Å². The number of pyridine rings is 1. The van der Waals surface area contributed by atoms with E-state index in [1.807, 2.05) is 0 Å². The smallest absolute Gasteiger partial charge is 0.0713 e. The summed E-state index contributed by atoms with van der Waals surface area (Å²) in [5.41, 5.74) is 0.751. The Kier molecular flexibility index (Phi) is 1.94. The van der Waals surface area contributed by atoms with Crippen molar-refractivity contribution in [3.8, 4) is 0 Å². The number of hydrogen-bond acceptors (Lipinski definition) is 1. The van der Waals surface area contributed by atoms with Crippen molar-refractivity contribution in [2.24, 2.45) is 0 Å². The Hall–Kier alpha value is -0.270. The van der Waals surface area contributed by atoms with Gasteiger partial charge in [0.1, 0.15) is 0 Å². The average Bonchev–Trinajstić information content (AvgIpc) is 1.80. The topological polar surface area (TPSA) is 12.9 Å². The van der Waals surface area contributed by atoms with Gasteiger partial charge < -0.3 is 0 Å². The Labute approximate surface area is 63.6 Å². The number of aryl methyl sites for hydroxylation is 1. The maximum absolute atomic E-state index is 5.61. The van der Waals surface area contributed by atoms with Gasteiger partial charge in [0.05, 0.1) is 15.7 Å². The van der Waals surface area contributed by atoms with Crippen molar-refractivity contribution in [3.63, 3.8) is 0 Å². The lowest BCUT2D eigenvalue weighted by atomic mass is 10.4. The Balaban J connectivity index is 3.17. The lowest BCUT2D eigenvalue weighted by Gasteiger charge is -1.93. The maximum Gasteiger partial charge on any atom is 0.0713 e. The van der Waals surface area contributed by atoms with Gasteiger partial charge >= 0.3 is 0 Å². The van der Waals surface area contributed by atoms with Gasteiger partial charge in [0.25, 0.3) is 0 Å². The van der Waals surface area contributed by atoms with Crippen molar-refractivity contribution < 1.29 is 0 Å². The molecule has 3 heteroatoms. The summed E-state index contributed by atoms with van der Waals surface area (Å²) in [5, 5.41) is 0.938. The lowest BCUT2D eigenvalue weighted by molar-refractivity contribution is 1.20. The van der Waals surface area contributed by atoms with Gasteiger partial charge in [-0.05, 0) is 6.92 Å². The summed E-state index contributed by atoms with van der Waals surface area (Å²) in [5.74, 6) is 0. The molecule has 1 nitrogen and oxygen atoms in total. The Bertz CT molecular complexity index is 222. The van der Waals surface area contributed by atoms with Crippen molar-refractivity contribution in [2.75, 3.05) is 0 Å². The zero-order chi connectivity index (χ0) is 6.85. The molecule has 47 valence electrons. The van der Waals surface area contributed by atoms with Crippen LogP contribution in [-0.4, -0.2) is 4.98 Å². The molecule has 9 heavy (non-hydrogen) atoms. The number of rotatable bonds is 0. The SMILES string of the molecule is Cc1ncc(Cl)[c]c1Cl. The molecule has 0 N–H and O–H groups in total. The van der Waals surface area contributed by atoms with Crippen LogP contribution in [0.4, 0.5) is 0 Å². The Morgan fingerprint density at radius 2 is 2.22 bits per heavy atom. The summed E-state index contributed by atoms with van der Waals surface area (Å²) in [6, 6.07) is 2.71. The van der Waals surface area contributed by atoms with Crippen LogP contribution in [0.3, 0.4) is 0 Å². The molecule has 1 rings (SSSR count). The second-order valence-electron chi connectivity index (χ2n) is 1.63. The molecule has 0 fully saturated rings. The number of hydrogen-bond donors (Lipinski definition) is 0. The molecule has 1 aromatic heterocycles. The van der Waals surface area contributed by atoms with Crippen LogP contribution in [0, 0.1) is 13.0 Å². The molecular weight excluding hydrogens is 157 g/mol. The molecule has 0 saturated carbocycles. The van der Waals surface area contributed by atoms with E-state index < -0.39 is 0 Å². The first-order valence-corrected chi connectivity index (χ1v) is 3.15. The van der Waals surface area contributed by atoms with Crippen molar-refractivity contribution >= 4 is 23.2 Å². The Morgan fingerprint density at radius 3 is 2.67 bits per heavy atom. The van der Waals surface area contributed by atoms with Crippen molar-refractivity contribution in [1.82, 2.24) is 4.98 Å². The van der Waals surface area contributed by atoms with E-state index in [4.69, 9.17) is 23.2 Å². The summed E-state index contributed by atoms with van der Waals surface area (Å²) >= 11 is 11.1. The van der Waals surface area contributed by atoms with Crippen LogP contribution >= 0.6 is 23.2 Å². The predicted octanol–water partition coefficient (Wildman–Crippen LogP) is 2.50. The second kappa shape index (κ2) is 2.54. The Morgan fingerprint density at radius 1 is 1.56 bits per heavy atom. The zero-order valence-electron chi connectivity index (χ0n) is 4.78. The number of halogens is 2. The van der Waals surface area contributed by atoms with Gasteiger partial charge in [0.15, 0.2) is 0 Å². The van der Waals surface area contributed by atoms with Crippen molar-refractivity contribution in [3.05, 3.63) is 28.0 Å². The monoisotopic (exact) mass is 160 g/mol. The van der Waals surface area contributed by atoms with Gasteiger partial charge in [0.2, 0.25) is 0 Å². The van der Waals surface area contributed by atoms with E-state index in [-0.39, 0.29) is 0 Å². The van der Waals surface area contributed by atoms with Crippen LogP contribution in [0.1, 0.15) is 5.69 Å². The minimum Gasteiger partial charge on any atom is -0.258 e. The normalized spacial score (nSPS) is 9.67. The third-order valence-corrected chi connectivity index (χ3v) is 1.48. The molecule has 1 aromatic rings. The molecule has 1 radical (unpaired) electrons. The van der Waals surface area contributed by atoms with Gasteiger partial charge in [-0.2, -0.15) is 0 Å². The zero-order valence-corrected chi connectivity index (χ0v) is 6.29. The van der Waals surface area contributed by atoms with Crippen LogP contribution in [0.25, 0.3) is 0 Å². The average molecular weight is 161 g/mol.